The minimum atomic E-state index is -1.000. The van der Waals surface area contributed by atoms with Crippen molar-refractivity contribution in [2.24, 2.45) is 5.41 Å². The second-order valence-electron chi connectivity index (χ2n) is 8.76. The van der Waals surface area contributed by atoms with Gasteiger partial charge >= 0.3 is 12.1 Å². The van der Waals surface area contributed by atoms with Crippen LogP contribution in [0, 0.1) is 5.41 Å². The molecule has 1 aromatic carbocycles. The van der Waals surface area contributed by atoms with Crippen LogP contribution >= 0.6 is 15.9 Å². The first-order valence-corrected chi connectivity index (χ1v) is 11.6. The third-order valence-corrected chi connectivity index (χ3v) is 7.20. The molecule has 0 radical (unpaired) electrons. The zero-order valence-corrected chi connectivity index (χ0v) is 19.4. The van der Waals surface area contributed by atoms with Crippen molar-refractivity contribution in [3.8, 4) is 0 Å². The first-order valence-electron chi connectivity index (χ1n) is 10.8. The Balaban J connectivity index is 1.49. The molecule has 1 spiro atoms. The van der Waals surface area contributed by atoms with E-state index < -0.39 is 11.6 Å². The summed E-state index contributed by atoms with van der Waals surface area (Å²) in [7, 11) is 0. The van der Waals surface area contributed by atoms with E-state index in [9.17, 15) is 14.7 Å². The van der Waals surface area contributed by atoms with Gasteiger partial charge in [-0.2, -0.15) is 0 Å². The van der Waals surface area contributed by atoms with Crippen molar-refractivity contribution in [3.63, 3.8) is 0 Å². The molecule has 2 aliphatic rings. The Kier molecular flexibility index (Phi) is 6.81. The summed E-state index contributed by atoms with van der Waals surface area (Å²) in [5.41, 5.74) is 0.929. The first-order chi connectivity index (χ1) is 15.4. The number of aliphatic carboxylic acids is 1. The van der Waals surface area contributed by atoms with Gasteiger partial charge in [-0.05, 0) is 65.1 Å². The number of pyridine rings is 1. The number of amides is 1. The third-order valence-electron chi connectivity index (χ3n) is 6.57. The van der Waals surface area contributed by atoms with Crippen molar-refractivity contribution in [1.82, 2.24) is 9.88 Å². The van der Waals surface area contributed by atoms with Gasteiger partial charge in [0.2, 0.25) is 0 Å². The number of carbonyl (C=O) groups is 2. The molecule has 2 atom stereocenters. The molecule has 32 heavy (non-hydrogen) atoms. The molecule has 1 aromatic heterocycles. The molecule has 1 saturated carbocycles. The highest BCUT2D eigenvalue weighted by atomic mass is 79.9. The van der Waals surface area contributed by atoms with Gasteiger partial charge in [-0.25, -0.2) is 14.6 Å². The average molecular weight is 503 g/mol. The Hall–Kier alpha value is -2.45. The number of hydrogen-bond acceptors (Lipinski definition) is 5. The SMILES string of the molecule is O=C(O)COC1(c2cccnc2Br)CCC2(CCCN(C(=O)OCc3ccccc3)C2)C1. The summed E-state index contributed by atoms with van der Waals surface area (Å²) in [6, 6.07) is 13.4. The number of rotatable bonds is 6. The smallest absolute Gasteiger partial charge is 0.410 e. The van der Waals surface area contributed by atoms with Gasteiger partial charge in [0.05, 0.1) is 5.60 Å². The van der Waals surface area contributed by atoms with Crippen molar-refractivity contribution in [2.75, 3.05) is 19.7 Å². The van der Waals surface area contributed by atoms with E-state index in [-0.39, 0.29) is 24.7 Å². The quantitative estimate of drug-likeness (QED) is 0.573. The van der Waals surface area contributed by atoms with Gasteiger partial charge in [-0.3, -0.25) is 0 Å². The fourth-order valence-corrected chi connectivity index (χ4v) is 5.74. The van der Waals surface area contributed by atoms with E-state index in [1.54, 1.807) is 11.1 Å². The van der Waals surface area contributed by atoms with Gasteiger partial charge in [0.1, 0.15) is 17.8 Å². The molecular weight excluding hydrogens is 476 g/mol. The zero-order valence-electron chi connectivity index (χ0n) is 17.8. The van der Waals surface area contributed by atoms with Crippen LogP contribution in [0.1, 0.15) is 43.2 Å². The maximum Gasteiger partial charge on any atom is 0.410 e. The van der Waals surface area contributed by atoms with Crippen molar-refractivity contribution < 1.29 is 24.2 Å². The monoisotopic (exact) mass is 502 g/mol. The Bertz CT molecular complexity index is 972. The normalized spacial score (nSPS) is 25.1. The molecular formula is C24H27BrN2O5. The van der Waals surface area contributed by atoms with E-state index in [2.05, 4.69) is 20.9 Å². The van der Waals surface area contributed by atoms with Gasteiger partial charge < -0.3 is 19.5 Å². The van der Waals surface area contributed by atoms with Crippen LogP contribution in [-0.4, -0.2) is 46.7 Å². The van der Waals surface area contributed by atoms with Crippen molar-refractivity contribution >= 4 is 28.0 Å². The van der Waals surface area contributed by atoms with E-state index in [4.69, 9.17) is 9.47 Å². The molecule has 2 aromatic rings. The predicted octanol–water partition coefficient (Wildman–Crippen LogP) is 4.74. The van der Waals surface area contributed by atoms with Crippen molar-refractivity contribution in [2.45, 2.75) is 44.3 Å². The molecule has 170 valence electrons. The summed E-state index contributed by atoms with van der Waals surface area (Å²) >= 11 is 3.52. The fraction of sp³-hybridized carbons (Fsp3) is 0.458. The molecule has 1 aliphatic heterocycles. The highest BCUT2D eigenvalue weighted by Crippen LogP contribution is 2.56. The molecule has 1 aliphatic carbocycles. The number of carbonyl (C=O) groups excluding carboxylic acids is 1. The van der Waals surface area contributed by atoms with Crippen LogP contribution in [0.5, 0.6) is 0 Å². The number of halogens is 1. The average Bonchev–Trinajstić information content (AvgIpc) is 3.15. The number of hydrogen-bond donors (Lipinski definition) is 1. The summed E-state index contributed by atoms with van der Waals surface area (Å²) in [6.45, 7) is 1.11. The minimum absolute atomic E-state index is 0.141. The summed E-state index contributed by atoms with van der Waals surface area (Å²) in [6.07, 6.45) is 5.39. The predicted molar refractivity (Wildman–Crippen MR) is 121 cm³/mol. The molecule has 8 heteroatoms. The van der Waals surface area contributed by atoms with Crippen LogP contribution in [-0.2, 0) is 26.5 Å². The molecule has 0 bridgehead atoms. The first kappa shape index (κ1) is 22.7. The second kappa shape index (κ2) is 9.58. The Morgan fingerprint density at radius 1 is 1.12 bits per heavy atom. The van der Waals surface area contributed by atoms with Crippen LogP contribution < -0.4 is 0 Å². The van der Waals surface area contributed by atoms with E-state index in [1.807, 2.05) is 42.5 Å². The topological polar surface area (TPSA) is 89.0 Å². The second-order valence-corrected chi connectivity index (χ2v) is 9.51. The van der Waals surface area contributed by atoms with Gasteiger partial charge in [0, 0.05) is 24.8 Å². The van der Waals surface area contributed by atoms with Crippen LogP contribution in [0.4, 0.5) is 4.79 Å². The third kappa shape index (κ3) is 4.96. The molecule has 1 saturated heterocycles. The van der Waals surface area contributed by atoms with E-state index >= 15 is 0 Å². The van der Waals surface area contributed by atoms with Crippen molar-refractivity contribution in [1.29, 1.82) is 0 Å². The maximum atomic E-state index is 12.8. The molecule has 2 heterocycles. The fourth-order valence-electron chi connectivity index (χ4n) is 5.13. The number of piperidine rings is 1. The number of aromatic nitrogens is 1. The molecule has 4 rings (SSSR count). The number of likely N-dealkylation sites (tertiary alicyclic amines) is 1. The molecule has 7 nitrogen and oxygen atoms in total. The van der Waals surface area contributed by atoms with Gasteiger partial charge in [0.25, 0.3) is 0 Å². The largest absolute Gasteiger partial charge is 0.480 e. The Morgan fingerprint density at radius 2 is 1.94 bits per heavy atom. The Labute approximate surface area is 195 Å². The maximum absolute atomic E-state index is 12.8. The number of carboxylic acid groups (broad SMARTS) is 1. The molecule has 2 fully saturated rings. The highest BCUT2D eigenvalue weighted by molar-refractivity contribution is 9.10. The van der Waals surface area contributed by atoms with Crippen LogP contribution in [0.2, 0.25) is 0 Å². The number of ether oxygens (including phenoxy) is 2. The minimum Gasteiger partial charge on any atom is -0.480 e. The lowest BCUT2D eigenvalue weighted by molar-refractivity contribution is -0.151. The lowest BCUT2D eigenvalue weighted by Crippen LogP contribution is -2.46. The van der Waals surface area contributed by atoms with Gasteiger partial charge in [-0.15, -0.1) is 0 Å². The van der Waals surface area contributed by atoms with Crippen molar-refractivity contribution in [3.05, 3.63) is 64.4 Å². The number of carboxylic acids is 1. The van der Waals surface area contributed by atoms with Gasteiger partial charge in [-0.1, -0.05) is 36.4 Å². The number of benzene rings is 1. The Morgan fingerprint density at radius 3 is 2.69 bits per heavy atom. The van der Waals surface area contributed by atoms with E-state index in [1.165, 1.54) is 0 Å². The zero-order chi connectivity index (χ0) is 22.6. The highest BCUT2D eigenvalue weighted by Gasteiger charge is 2.53. The molecule has 1 amide bonds. The van der Waals surface area contributed by atoms with Crippen LogP contribution in [0.3, 0.4) is 0 Å². The van der Waals surface area contributed by atoms with Crippen LogP contribution in [0.15, 0.2) is 53.3 Å². The lowest BCUT2D eigenvalue weighted by atomic mass is 9.76. The van der Waals surface area contributed by atoms with E-state index in [0.29, 0.717) is 30.5 Å². The molecule has 2 unspecified atom stereocenters. The van der Waals surface area contributed by atoms with E-state index in [0.717, 1.165) is 30.4 Å². The van der Waals surface area contributed by atoms with Crippen LogP contribution in [0.25, 0.3) is 0 Å². The molecule has 1 N–H and O–H groups in total. The standard InChI is InChI=1S/C24H27BrN2O5/c25-21-19(8-4-12-26-21)24(32-15-20(28)29)11-10-23(16-24)9-5-13-27(17-23)22(30)31-14-18-6-2-1-3-7-18/h1-4,6-8,12H,5,9-11,13-17H2,(H,28,29). The number of nitrogens with zero attached hydrogens (tertiary/aromatic N) is 2. The van der Waals surface area contributed by atoms with Gasteiger partial charge in [0.15, 0.2) is 0 Å². The summed E-state index contributed by atoms with van der Waals surface area (Å²) < 4.78 is 12.3. The summed E-state index contributed by atoms with van der Waals surface area (Å²) in [5.74, 6) is -1.000. The summed E-state index contributed by atoms with van der Waals surface area (Å²) in [5, 5.41) is 9.25. The lowest BCUT2D eigenvalue weighted by Gasteiger charge is -2.41. The summed E-state index contributed by atoms with van der Waals surface area (Å²) in [4.78, 5) is 30.2.